The molecule has 1 atom stereocenters. The molecule has 0 aliphatic rings. The monoisotopic (exact) mass is 379 g/mol. The van der Waals surface area contributed by atoms with Crippen LogP contribution in [0.4, 0.5) is 4.39 Å². The molecule has 1 N–H and O–H groups in total. The van der Waals surface area contributed by atoms with Gasteiger partial charge in [-0.15, -0.1) is 0 Å². The van der Waals surface area contributed by atoms with Gasteiger partial charge in [0.1, 0.15) is 11.9 Å². The number of carbonyl (C=O) groups is 2. The molecular formula is C17H15BrFNO3. The second-order valence-electron chi connectivity index (χ2n) is 4.86. The van der Waals surface area contributed by atoms with Crippen molar-refractivity contribution in [1.82, 2.24) is 5.32 Å². The molecule has 0 heterocycles. The number of ether oxygens (including phenoxy) is 1. The second kappa shape index (κ2) is 7.87. The highest BCUT2D eigenvalue weighted by atomic mass is 79.9. The van der Waals surface area contributed by atoms with Gasteiger partial charge in [0, 0.05) is 16.5 Å². The SMILES string of the molecule is COC(=O)[C@@H](Cc1ccccc1F)NC(=O)c1cccc(Br)c1. The minimum atomic E-state index is -0.969. The summed E-state index contributed by atoms with van der Waals surface area (Å²) in [6.07, 6.45) is 0.0130. The molecule has 6 heteroatoms. The van der Waals surface area contributed by atoms with Crippen LogP contribution in [-0.2, 0) is 16.0 Å². The molecular weight excluding hydrogens is 365 g/mol. The molecule has 0 aromatic heterocycles. The Bertz CT molecular complexity index is 720. The first kappa shape index (κ1) is 17.1. The van der Waals surface area contributed by atoms with Gasteiger partial charge in [-0.05, 0) is 29.8 Å². The van der Waals surface area contributed by atoms with Crippen LogP contribution in [0.5, 0.6) is 0 Å². The van der Waals surface area contributed by atoms with E-state index in [1.807, 2.05) is 0 Å². The fourth-order valence-electron chi connectivity index (χ4n) is 2.09. The first-order valence-electron chi connectivity index (χ1n) is 6.89. The fourth-order valence-corrected chi connectivity index (χ4v) is 2.49. The molecule has 23 heavy (non-hydrogen) atoms. The van der Waals surface area contributed by atoms with E-state index in [0.717, 1.165) is 4.47 Å². The Labute approximate surface area is 141 Å². The molecule has 0 aliphatic carbocycles. The standard InChI is InChI=1S/C17H15BrFNO3/c1-23-17(22)15(10-11-5-2-3-8-14(11)19)20-16(21)12-6-4-7-13(18)9-12/h2-9,15H,10H2,1H3,(H,20,21)/t15-/m1/s1. The van der Waals surface area contributed by atoms with Crippen molar-refractivity contribution in [3.05, 3.63) is 69.9 Å². The summed E-state index contributed by atoms with van der Waals surface area (Å²) >= 11 is 3.28. The molecule has 0 radical (unpaired) electrons. The summed E-state index contributed by atoms with van der Waals surface area (Å²) in [6.45, 7) is 0. The number of rotatable bonds is 5. The number of halogens is 2. The molecule has 4 nitrogen and oxygen atoms in total. The highest BCUT2D eigenvalue weighted by molar-refractivity contribution is 9.10. The number of esters is 1. The Morgan fingerprint density at radius 3 is 2.61 bits per heavy atom. The lowest BCUT2D eigenvalue weighted by Crippen LogP contribution is -2.43. The van der Waals surface area contributed by atoms with E-state index in [0.29, 0.717) is 11.1 Å². The van der Waals surface area contributed by atoms with Crippen LogP contribution in [0.25, 0.3) is 0 Å². The molecule has 0 fully saturated rings. The molecule has 0 bridgehead atoms. The van der Waals surface area contributed by atoms with E-state index in [2.05, 4.69) is 21.2 Å². The van der Waals surface area contributed by atoms with Gasteiger partial charge in [0.25, 0.3) is 5.91 Å². The molecule has 0 saturated carbocycles. The number of hydrogen-bond donors (Lipinski definition) is 1. The lowest BCUT2D eigenvalue weighted by Gasteiger charge is -2.17. The van der Waals surface area contributed by atoms with E-state index in [1.54, 1.807) is 42.5 Å². The number of benzene rings is 2. The maximum Gasteiger partial charge on any atom is 0.328 e. The van der Waals surface area contributed by atoms with E-state index in [4.69, 9.17) is 4.74 Å². The van der Waals surface area contributed by atoms with Gasteiger partial charge in [0.15, 0.2) is 0 Å². The highest BCUT2D eigenvalue weighted by Gasteiger charge is 2.23. The first-order valence-corrected chi connectivity index (χ1v) is 7.68. The fraction of sp³-hybridized carbons (Fsp3) is 0.176. The number of hydrogen-bond acceptors (Lipinski definition) is 3. The van der Waals surface area contributed by atoms with E-state index < -0.39 is 23.7 Å². The normalized spacial score (nSPS) is 11.6. The number of methoxy groups -OCH3 is 1. The smallest absolute Gasteiger partial charge is 0.328 e. The number of carbonyl (C=O) groups excluding carboxylic acids is 2. The van der Waals surface area contributed by atoms with Crippen molar-refractivity contribution in [3.8, 4) is 0 Å². The van der Waals surface area contributed by atoms with Crippen LogP contribution in [0, 0.1) is 5.82 Å². The zero-order valence-corrected chi connectivity index (χ0v) is 14.0. The summed E-state index contributed by atoms with van der Waals surface area (Å²) in [5.74, 6) is -1.49. The maximum absolute atomic E-state index is 13.8. The van der Waals surface area contributed by atoms with Crippen LogP contribution in [-0.4, -0.2) is 25.0 Å². The lowest BCUT2D eigenvalue weighted by atomic mass is 10.0. The molecule has 2 aromatic rings. The minimum absolute atomic E-state index is 0.0130. The van der Waals surface area contributed by atoms with E-state index in [9.17, 15) is 14.0 Å². The third kappa shape index (κ3) is 4.63. The van der Waals surface area contributed by atoms with Gasteiger partial charge in [-0.3, -0.25) is 4.79 Å². The third-order valence-electron chi connectivity index (χ3n) is 3.26. The quantitative estimate of drug-likeness (QED) is 0.812. The van der Waals surface area contributed by atoms with E-state index in [-0.39, 0.29) is 6.42 Å². The zero-order valence-electron chi connectivity index (χ0n) is 12.4. The van der Waals surface area contributed by atoms with Crippen molar-refractivity contribution >= 4 is 27.8 Å². The Morgan fingerprint density at radius 2 is 1.96 bits per heavy atom. The van der Waals surface area contributed by atoms with E-state index in [1.165, 1.54) is 13.2 Å². The molecule has 0 saturated heterocycles. The highest BCUT2D eigenvalue weighted by Crippen LogP contribution is 2.13. The van der Waals surface area contributed by atoms with Crippen LogP contribution in [0.3, 0.4) is 0 Å². The minimum Gasteiger partial charge on any atom is -0.467 e. The van der Waals surface area contributed by atoms with Gasteiger partial charge in [-0.2, -0.15) is 0 Å². The summed E-state index contributed by atoms with van der Waals surface area (Å²) in [5, 5.41) is 2.59. The van der Waals surface area contributed by atoms with Gasteiger partial charge in [0.2, 0.25) is 0 Å². The van der Waals surface area contributed by atoms with Crippen molar-refractivity contribution in [1.29, 1.82) is 0 Å². The average Bonchev–Trinajstić information content (AvgIpc) is 2.55. The second-order valence-corrected chi connectivity index (χ2v) is 5.77. The molecule has 0 unspecified atom stereocenters. The van der Waals surface area contributed by atoms with Gasteiger partial charge >= 0.3 is 5.97 Å². The average molecular weight is 380 g/mol. The predicted molar refractivity (Wildman–Crippen MR) is 87.5 cm³/mol. The van der Waals surface area contributed by atoms with Crippen LogP contribution in [0.2, 0.25) is 0 Å². The number of amides is 1. The van der Waals surface area contributed by atoms with Crippen LogP contribution >= 0.6 is 15.9 Å². The first-order chi connectivity index (χ1) is 11.0. The Morgan fingerprint density at radius 1 is 1.22 bits per heavy atom. The molecule has 0 aliphatic heterocycles. The summed E-state index contributed by atoms with van der Waals surface area (Å²) in [5.41, 5.74) is 0.722. The third-order valence-corrected chi connectivity index (χ3v) is 3.75. The van der Waals surface area contributed by atoms with Gasteiger partial charge in [0.05, 0.1) is 7.11 Å². The topological polar surface area (TPSA) is 55.4 Å². The van der Waals surface area contributed by atoms with Crippen molar-refractivity contribution in [2.75, 3.05) is 7.11 Å². The Balaban J connectivity index is 2.17. The van der Waals surface area contributed by atoms with Crippen LogP contribution in [0.15, 0.2) is 53.0 Å². The van der Waals surface area contributed by atoms with Gasteiger partial charge in [-0.1, -0.05) is 40.2 Å². The predicted octanol–water partition coefficient (Wildman–Crippen LogP) is 3.10. The molecule has 1 amide bonds. The van der Waals surface area contributed by atoms with Crippen molar-refractivity contribution in [2.45, 2.75) is 12.5 Å². The largest absolute Gasteiger partial charge is 0.467 e. The van der Waals surface area contributed by atoms with Crippen molar-refractivity contribution in [2.24, 2.45) is 0 Å². The lowest BCUT2D eigenvalue weighted by molar-refractivity contribution is -0.142. The van der Waals surface area contributed by atoms with Gasteiger partial charge < -0.3 is 10.1 Å². The molecule has 2 aromatic carbocycles. The van der Waals surface area contributed by atoms with Gasteiger partial charge in [-0.25, -0.2) is 9.18 Å². The van der Waals surface area contributed by atoms with Crippen molar-refractivity contribution < 1.29 is 18.7 Å². The Hall–Kier alpha value is -2.21. The Kier molecular flexibility index (Phi) is 5.87. The van der Waals surface area contributed by atoms with Crippen LogP contribution < -0.4 is 5.32 Å². The summed E-state index contributed by atoms with van der Waals surface area (Å²) in [6, 6.07) is 11.9. The number of nitrogens with one attached hydrogen (secondary N) is 1. The summed E-state index contributed by atoms with van der Waals surface area (Å²) < 4.78 is 19.2. The molecule has 2 rings (SSSR count). The summed E-state index contributed by atoms with van der Waals surface area (Å²) in [4.78, 5) is 24.2. The molecule has 120 valence electrons. The van der Waals surface area contributed by atoms with E-state index >= 15 is 0 Å². The van der Waals surface area contributed by atoms with Crippen molar-refractivity contribution in [3.63, 3.8) is 0 Å². The molecule has 0 spiro atoms. The zero-order chi connectivity index (χ0) is 16.8. The van der Waals surface area contributed by atoms with Crippen LogP contribution in [0.1, 0.15) is 15.9 Å². The maximum atomic E-state index is 13.8. The summed E-state index contributed by atoms with van der Waals surface area (Å²) in [7, 11) is 1.22.